The van der Waals surface area contributed by atoms with Crippen molar-refractivity contribution >= 4 is 43.1 Å². The molecule has 5 aromatic carbocycles. The first-order valence-electron chi connectivity index (χ1n) is 11.9. The van der Waals surface area contributed by atoms with Crippen LogP contribution in [0, 0.1) is 0 Å². The van der Waals surface area contributed by atoms with E-state index in [4.69, 9.17) is 0 Å². The van der Waals surface area contributed by atoms with Crippen molar-refractivity contribution in [2.75, 3.05) is 0 Å². The van der Waals surface area contributed by atoms with Crippen molar-refractivity contribution in [3.05, 3.63) is 126 Å². The lowest BCUT2D eigenvalue weighted by atomic mass is 9.96. The Kier molecular flexibility index (Phi) is 4.93. The van der Waals surface area contributed by atoms with Crippen LogP contribution in [-0.2, 0) is 0 Å². The quantitative estimate of drug-likeness (QED) is 0.230. The van der Waals surface area contributed by atoms with E-state index in [1.54, 1.807) is 0 Å². The predicted octanol–water partition coefficient (Wildman–Crippen LogP) is 8.80. The Labute approximate surface area is 216 Å². The van der Waals surface area contributed by atoms with Gasteiger partial charge in [0.1, 0.15) is 0 Å². The molecule has 0 aliphatic carbocycles. The molecule has 0 unspecified atom stereocenters. The van der Waals surface area contributed by atoms with E-state index < -0.39 is 0 Å². The van der Waals surface area contributed by atoms with Crippen LogP contribution in [0.3, 0.4) is 0 Å². The van der Waals surface area contributed by atoms with E-state index in [9.17, 15) is 0 Å². The highest BCUT2D eigenvalue weighted by molar-refractivity contribution is 9.10. The molecule has 0 radical (unpaired) electrons. The van der Waals surface area contributed by atoms with Crippen LogP contribution in [0.25, 0.3) is 60.8 Å². The standard InChI is InChI=1S/C32H20BrN3/c33-27-17-15-24(16-18-27)31-34-35-32-29-8-4-3-7-28(29)30(20-36(31)32)23-12-9-22(10-13-23)26-14-11-21-5-1-2-6-25(21)19-26/h1-20H. The zero-order valence-electron chi connectivity index (χ0n) is 19.3. The molecule has 0 aliphatic rings. The third kappa shape index (κ3) is 3.50. The van der Waals surface area contributed by atoms with Gasteiger partial charge in [-0.15, -0.1) is 10.2 Å². The van der Waals surface area contributed by atoms with E-state index in [-0.39, 0.29) is 0 Å². The summed E-state index contributed by atoms with van der Waals surface area (Å²) >= 11 is 3.52. The van der Waals surface area contributed by atoms with Crippen molar-refractivity contribution in [2.24, 2.45) is 0 Å². The average Bonchev–Trinajstić information content (AvgIpc) is 3.37. The largest absolute Gasteiger partial charge is 0.281 e. The van der Waals surface area contributed by atoms with Crippen molar-refractivity contribution in [3.8, 4) is 33.6 Å². The maximum atomic E-state index is 4.56. The molecule has 0 saturated heterocycles. The highest BCUT2D eigenvalue weighted by Crippen LogP contribution is 2.34. The maximum absolute atomic E-state index is 4.56. The van der Waals surface area contributed by atoms with E-state index in [0.717, 1.165) is 38.0 Å². The van der Waals surface area contributed by atoms with Crippen molar-refractivity contribution in [1.82, 2.24) is 14.6 Å². The van der Waals surface area contributed by atoms with Gasteiger partial charge in [-0.2, -0.15) is 0 Å². The van der Waals surface area contributed by atoms with Gasteiger partial charge in [-0.05, 0) is 51.0 Å². The maximum Gasteiger partial charge on any atom is 0.169 e. The minimum absolute atomic E-state index is 0.831. The molecule has 4 heteroatoms. The first-order chi connectivity index (χ1) is 17.7. The van der Waals surface area contributed by atoms with E-state index in [1.807, 2.05) is 12.1 Å². The molecule has 0 bridgehead atoms. The van der Waals surface area contributed by atoms with Gasteiger partial charge in [0.25, 0.3) is 0 Å². The van der Waals surface area contributed by atoms with Crippen molar-refractivity contribution in [3.63, 3.8) is 0 Å². The summed E-state index contributed by atoms with van der Waals surface area (Å²) in [6.07, 6.45) is 2.17. The van der Waals surface area contributed by atoms with Gasteiger partial charge in [0.15, 0.2) is 11.5 Å². The van der Waals surface area contributed by atoms with Crippen LogP contribution in [0.4, 0.5) is 0 Å². The lowest BCUT2D eigenvalue weighted by Gasteiger charge is -2.11. The number of nitrogens with zero attached hydrogens (tertiary/aromatic N) is 3. The summed E-state index contributed by atoms with van der Waals surface area (Å²) in [5.41, 5.74) is 6.62. The molecule has 2 heterocycles. The van der Waals surface area contributed by atoms with Crippen LogP contribution >= 0.6 is 15.9 Å². The van der Waals surface area contributed by atoms with Gasteiger partial charge in [-0.1, -0.05) is 113 Å². The fourth-order valence-electron chi connectivity index (χ4n) is 4.95. The second-order valence-electron chi connectivity index (χ2n) is 8.95. The summed E-state index contributed by atoms with van der Waals surface area (Å²) in [6, 6.07) is 40.6. The fraction of sp³-hybridized carbons (Fsp3) is 0. The normalized spacial score (nSPS) is 11.5. The van der Waals surface area contributed by atoms with Crippen LogP contribution in [0.15, 0.2) is 126 Å². The molecular formula is C32H20BrN3. The zero-order chi connectivity index (χ0) is 24.1. The van der Waals surface area contributed by atoms with E-state index in [2.05, 4.69) is 140 Å². The molecule has 36 heavy (non-hydrogen) atoms. The summed E-state index contributed by atoms with van der Waals surface area (Å²) in [6.45, 7) is 0. The van der Waals surface area contributed by atoms with Gasteiger partial charge in [0.2, 0.25) is 0 Å². The van der Waals surface area contributed by atoms with Gasteiger partial charge in [0, 0.05) is 27.2 Å². The topological polar surface area (TPSA) is 30.2 Å². The molecule has 0 N–H and O–H groups in total. The number of hydrogen-bond acceptors (Lipinski definition) is 2. The number of aromatic nitrogens is 3. The summed E-state index contributed by atoms with van der Waals surface area (Å²) in [5, 5.41) is 13.9. The molecule has 7 rings (SSSR count). The van der Waals surface area contributed by atoms with Gasteiger partial charge in [0.05, 0.1) is 0 Å². The van der Waals surface area contributed by atoms with E-state index >= 15 is 0 Å². The molecule has 170 valence electrons. The minimum atomic E-state index is 0.831. The second kappa shape index (κ2) is 8.43. The van der Waals surface area contributed by atoms with Gasteiger partial charge in [-0.25, -0.2) is 0 Å². The number of halogens is 1. The number of pyridine rings is 1. The van der Waals surface area contributed by atoms with Gasteiger partial charge >= 0.3 is 0 Å². The third-order valence-corrected chi connectivity index (χ3v) is 7.32. The van der Waals surface area contributed by atoms with Crippen LogP contribution in [-0.4, -0.2) is 14.6 Å². The molecule has 2 aromatic heterocycles. The highest BCUT2D eigenvalue weighted by atomic mass is 79.9. The lowest BCUT2D eigenvalue weighted by Crippen LogP contribution is -1.93. The van der Waals surface area contributed by atoms with Crippen LogP contribution in [0.5, 0.6) is 0 Å². The Bertz CT molecular complexity index is 1880. The predicted molar refractivity (Wildman–Crippen MR) is 152 cm³/mol. The number of benzene rings is 5. The van der Waals surface area contributed by atoms with Gasteiger partial charge in [-0.3, -0.25) is 4.40 Å². The van der Waals surface area contributed by atoms with Crippen LogP contribution < -0.4 is 0 Å². The molecular weight excluding hydrogens is 506 g/mol. The molecule has 7 aromatic rings. The smallest absolute Gasteiger partial charge is 0.169 e. The van der Waals surface area contributed by atoms with Crippen LogP contribution in [0.1, 0.15) is 0 Å². The Balaban J connectivity index is 1.37. The summed E-state index contributed by atoms with van der Waals surface area (Å²) in [5.74, 6) is 0.831. The molecule has 0 spiro atoms. The van der Waals surface area contributed by atoms with E-state index in [1.165, 1.54) is 27.3 Å². The Hall–Kier alpha value is -4.28. The zero-order valence-corrected chi connectivity index (χ0v) is 20.9. The van der Waals surface area contributed by atoms with E-state index in [0.29, 0.717) is 0 Å². The Morgan fingerprint density at radius 2 is 1.17 bits per heavy atom. The number of fused-ring (bicyclic) bond motifs is 4. The van der Waals surface area contributed by atoms with Crippen molar-refractivity contribution in [1.29, 1.82) is 0 Å². The molecule has 0 amide bonds. The Morgan fingerprint density at radius 1 is 0.528 bits per heavy atom. The average molecular weight is 526 g/mol. The monoisotopic (exact) mass is 525 g/mol. The molecule has 0 aliphatic heterocycles. The number of rotatable bonds is 3. The molecule has 0 atom stereocenters. The first kappa shape index (κ1) is 21.0. The second-order valence-corrected chi connectivity index (χ2v) is 9.87. The first-order valence-corrected chi connectivity index (χ1v) is 12.7. The van der Waals surface area contributed by atoms with Gasteiger partial charge < -0.3 is 0 Å². The fourth-order valence-corrected chi connectivity index (χ4v) is 5.21. The summed E-state index contributed by atoms with van der Waals surface area (Å²) < 4.78 is 3.15. The van der Waals surface area contributed by atoms with Crippen molar-refractivity contribution in [2.45, 2.75) is 0 Å². The van der Waals surface area contributed by atoms with Crippen molar-refractivity contribution < 1.29 is 0 Å². The SMILES string of the molecule is Brc1ccc(-c2nnc3c4ccccc4c(-c4ccc(-c5ccc6ccccc6c5)cc4)cn23)cc1. The molecule has 3 nitrogen and oxygen atoms in total. The number of hydrogen-bond donors (Lipinski definition) is 0. The highest BCUT2D eigenvalue weighted by Gasteiger charge is 2.15. The third-order valence-electron chi connectivity index (χ3n) is 6.79. The molecule has 0 saturated carbocycles. The summed E-state index contributed by atoms with van der Waals surface area (Å²) in [7, 11) is 0. The molecule has 0 fully saturated rings. The Morgan fingerprint density at radius 3 is 1.97 bits per heavy atom. The summed E-state index contributed by atoms with van der Waals surface area (Å²) in [4.78, 5) is 0. The van der Waals surface area contributed by atoms with Crippen LogP contribution in [0.2, 0.25) is 0 Å². The minimum Gasteiger partial charge on any atom is -0.281 e. The lowest BCUT2D eigenvalue weighted by molar-refractivity contribution is 1.11.